The van der Waals surface area contributed by atoms with E-state index in [0.29, 0.717) is 0 Å². The molecule has 3 heteroatoms. The number of carbonyl (C=O) groups is 1. The fraction of sp³-hybridized carbons (Fsp3) is 0.615. The topological polar surface area (TPSA) is 20.3 Å². The summed E-state index contributed by atoms with van der Waals surface area (Å²) in [7, 11) is 0. The van der Waals surface area contributed by atoms with Gasteiger partial charge in [0.2, 0.25) is 0 Å². The number of nitrogens with zero attached hydrogens (tertiary/aromatic N) is 1. The van der Waals surface area contributed by atoms with E-state index in [9.17, 15) is 4.79 Å². The molecule has 90 valence electrons. The zero-order valence-electron chi connectivity index (χ0n) is 10.2. The second-order valence-corrected chi connectivity index (χ2v) is 4.96. The first-order valence-electron chi connectivity index (χ1n) is 6.10. The average Bonchev–Trinajstić information content (AvgIpc) is 2.78. The van der Waals surface area contributed by atoms with Crippen molar-refractivity contribution in [1.82, 2.24) is 0 Å². The van der Waals surface area contributed by atoms with Crippen LogP contribution in [0.2, 0.25) is 0 Å². The van der Waals surface area contributed by atoms with E-state index in [2.05, 4.69) is 24.1 Å². The van der Waals surface area contributed by atoms with Gasteiger partial charge in [0.15, 0.2) is 6.29 Å². The third kappa shape index (κ3) is 3.97. The molecule has 1 rings (SSSR count). The van der Waals surface area contributed by atoms with Gasteiger partial charge in [0.25, 0.3) is 0 Å². The quantitative estimate of drug-likeness (QED) is 0.640. The Morgan fingerprint density at radius 2 is 1.88 bits per heavy atom. The van der Waals surface area contributed by atoms with Crippen LogP contribution in [0.5, 0.6) is 0 Å². The van der Waals surface area contributed by atoms with E-state index in [1.54, 1.807) is 0 Å². The van der Waals surface area contributed by atoms with E-state index in [1.807, 2.05) is 6.07 Å². The molecule has 1 aromatic rings. The summed E-state index contributed by atoms with van der Waals surface area (Å²) in [6, 6.07) is 2.00. The molecule has 0 aliphatic heterocycles. The summed E-state index contributed by atoms with van der Waals surface area (Å²) in [6.07, 6.45) is 5.80. The molecule has 0 bridgehead atoms. The fourth-order valence-electron chi connectivity index (χ4n) is 1.64. The molecule has 1 aromatic heterocycles. The van der Waals surface area contributed by atoms with Crippen LogP contribution in [0.3, 0.4) is 0 Å². The largest absolute Gasteiger partial charge is 0.371 e. The third-order valence-corrected chi connectivity index (χ3v) is 3.50. The second-order valence-electron chi connectivity index (χ2n) is 4.02. The lowest BCUT2D eigenvalue weighted by molar-refractivity contribution is 0.112. The summed E-state index contributed by atoms with van der Waals surface area (Å²) in [5.74, 6) is 0. The van der Waals surface area contributed by atoms with Crippen LogP contribution in [0.25, 0.3) is 0 Å². The fourth-order valence-corrected chi connectivity index (χ4v) is 2.36. The van der Waals surface area contributed by atoms with Gasteiger partial charge >= 0.3 is 0 Å². The monoisotopic (exact) mass is 239 g/mol. The van der Waals surface area contributed by atoms with Crippen LogP contribution in [0.4, 0.5) is 5.69 Å². The summed E-state index contributed by atoms with van der Waals surface area (Å²) in [5.41, 5.74) is 1.22. The first-order chi connectivity index (χ1) is 7.81. The maximum Gasteiger partial charge on any atom is 0.160 e. The maximum atomic E-state index is 10.7. The molecule has 0 aliphatic carbocycles. The number of unbranched alkanes of at least 4 members (excludes halogenated alkanes) is 2. The van der Waals surface area contributed by atoms with E-state index >= 15 is 0 Å². The minimum Gasteiger partial charge on any atom is -0.371 e. The van der Waals surface area contributed by atoms with Crippen molar-refractivity contribution in [3.63, 3.8) is 0 Å². The number of aldehydes is 1. The Morgan fingerprint density at radius 3 is 2.31 bits per heavy atom. The highest BCUT2D eigenvalue weighted by Crippen LogP contribution is 2.22. The number of thiophene rings is 1. The Balaban J connectivity index is 2.62. The summed E-state index contributed by atoms with van der Waals surface area (Å²) in [4.78, 5) is 13.9. The van der Waals surface area contributed by atoms with Gasteiger partial charge in [-0.05, 0) is 18.9 Å². The average molecular weight is 239 g/mol. The van der Waals surface area contributed by atoms with Crippen molar-refractivity contribution >= 4 is 23.3 Å². The number of hydrogen-bond donors (Lipinski definition) is 0. The van der Waals surface area contributed by atoms with Crippen LogP contribution in [0.15, 0.2) is 11.4 Å². The van der Waals surface area contributed by atoms with Crippen LogP contribution in [0.1, 0.15) is 49.2 Å². The molecule has 0 fully saturated rings. The maximum absolute atomic E-state index is 10.7. The Bertz CT molecular complexity index is 301. The molecule has 0 radical (unpaired) electrons. The van der Waals surface area contributed by atoms with Gasteiger partial charge in [0, 0.05) is 24.2 Å². The van der Waals surface area contributed by atoms with Crippen molar-refractivity contribution < 1.29 is 4.79 Å². The lowest BCUT2D eigenvalue weighted by atomic mass is 10.2. The van der Waals surface area contributed by atoms with Crippen LogP contribution >= 0.6 is 11.3 Å². The second kappa shape index (κ2) is 7.44. The van der Waals surface area contributed by atoms with Crippen LogP contribution < -0.4 is 4.90 Å². The first-order valence-corrected chi connectivity index (χ1v) is 6.98. The highest BCUT2D eigenvalue weighted by molar-refractivity contribution is 7.12. The predicted molar refractivity (Wildman–Crippen MR) is 71.7 cm³/mol. The third-order valence-electron chi connectivity index (χ3n) is 2.65. The van der Waals surface area contributed by atoms with Crippen molar-refractivity contribution in [1.29, 1.82) is 0 Å². The molecule has 0 unspecified atom stereocenters. The molecule has 16 heavy (non-hydrogen) atoms. The van der Waals surface area contributed by atoms with E-state index in [4.69, 9.17) is 0 Å². The minimum absolute atomic E-state index is 0.827. The number of carbonyl (C=O) groups excluding carboxylic acids is 1. The lowest BCUT2D eigenvalue weighted by Gasteiger charge is -2.23. The lowest BCUT2D eigenvalue weighted by Crippen LogP contribution is -2.25. The van der Waals surface area contributed by atoms with E-state index in [0.717, 1.165) is 24.3 Å². The molecule has 1 heterocycles. The Morgan fingerprint density at radius 1 is 1.25 bits per heavy atom. The van der Waals surface area contributed by atoms with Crippen molar-refractivity contribution in [2.45, 2.75) is 39.5 Å². The van der Waals surface area contributed by atoms with E-state index in [-0.39, 0.29) is 0 Å². The van der Waals surface area contributed by atoms with Gasteiger partial charge < -0.3 is 4.90 Å². The van der Waals surface area contributed by atoms with Crippen molar-refractivity contribution in [3.05, 3.63) is 16.3 Å². The van der Waals surface area contributed by atoms with Crippen LogP contribution in [-0.2, 0) is 0 Å². The summed E-state index contributed by atoms with van der Waals surface area (Å²) in [6.45, 7) is 6.63. The molecule has 0 saturated carbocycles. The normalized spacial score (nSPS) is 10.4. The molecular formula is C13H21NOS. The molecule has 0 aliphatic rings. The molecule has 0 spiro atoms. The highest BCUT2D eigenvalue weighted by atomic mass is 32.1. The van der Waals surface area contributed by atoms with Crippen molar-refractivity contribution in [3.8, 4) is 0 Å². The summed E-state index contributed by atoms with van der Waals surface area (Å²) in [5, 5.41) is 2.09. The molecule has 2 nitrogen and oxygen atoms in total. The van der Waals surface area contributed by atoms with Gasteiger partial charge in [-0.2, -0.15) is 0 Å². The molecule has 0 amide bonds. The molecule has 0 N–H and O–H groups in total. The van der Waals surface area contributed by atoms with Gasteiger partial charge in [-0.15, -0.1) is 11.3 Å². The first kappa shape index (κ1) is 13.2. The standard InChI is InChI=1S/C13H21NOS/c1-3-5-7-14(8-6-4-2)12-9-13(10-15)16-11-12/h9-11H,3-8H2,1-2H3. The summed E-state index contributed by atoms with van der Waals surface area (Å²) < 4.78 is 0. The van der Waals surface area contributed by atoms with Gasteiger partial charge in [0.05, 0.1) is 4.88 Å². The van der Waals surface area contributed by atoms with Gasteiger partial charge in [-0.3, -0.25) is 4.79 Å². The Labute approximate surface area is 102 Å². The van der Waals surface area contributed by atoms with Crippen LogP contribution in [-0.4, -0.2) is 19.4 Å². The number of hydrogen-bond acceptors (Lipinski definition) is 3. The minimum atomic E-state index is 0.827. The molecule has 0 aromatic carbocycles. The number of rotatable bonds is 8. The number of anilines is 1. The Hall–Kier alpha value is -0.830. The molecular weight excluding hydrogens is 218 g/mol. The smallest absolute Gasteiger partial charge is 0.160 e. The van der Waals surface area contributed by atoms with Crippen molar-refractivity contribution in [2.24, 2.45) is 0 Å². The zero-order chi connectivity index (χ0) is 11.8. The highest BCUT2D eigenvalue weighted by Gasteiger charge is 2.07. The van der Waals surface area contributed by atoms with Gasteiger partial charge in [-0.1, -0.05) is 26.7 Å². The summed E-state index contributed by atoms with van der Waals surface area (Å²) >= 11 is 1.54. The van der Waals surface area contributed by atoms with Gasteiger partial charge in [-0.25, -0.2) is 0 Å². The van der Waals surface area contributed by atoms with Gasteiger partial charge in [0.1, 0.15) is 0 Å². The van der Waals surface area contributed by atoms with Crippen molar-refractivity contribution in [2.75, 3.05) is 18.0 Å². The van der Waals surface area contributed by atoms with Crippen LogP contribution in [0, 0.1) is 0 Å². The Kier molecular flexibility index (Phi) is 6.16. The molecule has 0 saturated heterocycles. The SMILES string of the molecule is CCCCN(CCCC)c1csc(C=O)c1. The van der Waals surface area contributed by atoms with E-state index < -0.39 is 0 Å². The predicted octanol–water partition coefficient (Wildman–Crippen LogP) is 3.97. The zero-order valence-corrected chi connectivity index (χ0v) is 11.1. The van der Waals surface area contributed by atoms with E-state index in [1.165, 1.54) is 42.7 Å². The molecule has 0 atom stereocenters.